The van der Waals surface area contributed by atoms with Crippen LogP contribution in [-0.4, -0.2) is 31.7 Å². The Hall–Kier alpha value is -2.87. The standard InChI is InChI=1S/C25H25ClN2O4S/c1-18-9-12-22(13-10-18)33(30,31)28-15-5-6-19(17-28)25(29)27-23-16-20(26)11-14-24(23)32-21-7-3-2-4-8-21/h2-4,7-14,16,19H,5-6,15,17H2,1H3,(H,27,29)/t19-/m1/s1. The molecule has 1 aliphatic rings. The van der Waals surface area contributed by atoms with E-state index in [0.29, 0.717) is 41.6 Å². The second-order valence-corrected chi connectivity index (χ2v) is 10.4. The Kier molecular flexibility index (Phi) is 7.02. The third-order valence-electron chi connectivity index (χ3n) is 5.58. The van der Waals surface area contributed by atoms with Crippen molar-refractivity contribution in [3.05, 3.63) is 83.4 Å². The first-order valence-corrected chi connectivity index (χ1v) is 12.5. The van der Waals surface area contributed by atoms with Gasteiger partial charge in [0.2, 0.25) is 15.9 Å². The number of amides is 1. The molecule has 1 aliphatic heterocycles. The zero-order valence-electron chi connectivity index (χ0n) is 18.2. The van der Waals surface area contributed by atoms with Crippen molar-refractivity contribution in [1.82, 2.24) is 4.31 Å². The van der Waals surface area contributed by atoms with Crippen LogP contribution in [0.25, 0.3) is 0 Å². The summed E-state index contributed by atoms with van der Waals surface area (Å²) < 4.78 is 33.5. The molecule has 1 fully saturated rings. The van der Waals surface area contributed by atoms with Gasteiger partial charge in [0, 0.05) is 18.1 Å². The van der Waals surface area contributed by atoms with E-state index in [1.54, 1.807) is 42.5 Å². The highest BCUT2D eigenvalue weighted by molar-refractivity contribution is 7.89. The lowest BCUT2D eigenvalue weighted by Gasteiger charge is -2.31. The second-order valence-electron chi connectivity index (χ2n) is 8.06. The van der Waals surface area contributed by atoms with Crippen LogP contribution in [0.4, 0.5) is 5.69 Å². The van der Waals surface area contributed by atoms with Crippen LogP contribution >= 0.6 is 11.6 Å². The van der Waals surface area contributed by atoms with Gasteiger partial charge in [0.15, 0.2) is 5.75 Å². The molecule has 0 radical (unpaired) electrons. The van der Waals surface area contributed by atoms with Crippen LogP contribution in [0.1, 0.15) is 18.4 Å². The van der Waals surface area contributed by atoms with E-state index in [4.69, 9.17) is 16.3 Å². The van der Waals surface area contributed by atoms with Gasteiger partial charge in [-0.15, -0.1) is 0 Å². The minimum Gasteiger partial charge on any atom is -0.455 e. The molecule has 4 rings (SSSR count). The molecular weight excluding hydrogens is 460 g/mol. The average Bonchev–Trinajstić information content (AvgIpc) is 2.82. The number of rotatable bonds is 6. The van der Waals surface area contributed by atoms with Crippen molar-refractivity contribution in [2.45, 2.75) is 24.7 Å². The van der Waals surface area contributed by atoms with Gasteiger partial charge in [-0.1, -0.05) is 47.5 Å². The molecule has 1 saturated heterocycles. The maximum Gasteiger partial charge on any atom is 0.243 e. The van der Waals surface area contributed by atoms with Gasteiger partial charge in [-0.2, -0.15) is 4.31 Å². The summed E-state index contributed by atoms with van der Waals surface area (Å²) in [5, 5.41) is 3.35. The first kappa shape index (κ1) is 23.3. The molecule has 1 N–H and O–H groups in total. The number of nitrogens with one attached hydrogen (secondary N) is 1. The first-order chi connectivity index (χ1) is 15.8. The average molecular weight is 485 g/mol. The zero-order chi connectivity index (χ0) is 23.4. The molecule has 0 saturated carbocycles. The minimum absolute atomic E-state index is 0.123. The molecule has 3 aromatic carbocycles. The topological polar surface area (TPSA) is 75.7 Å². The summed E-state index contributed by atoms with van der Waals surface area (Å²) in [6.07, 6.45) is 1.20. The highest BCUT2D eigenvalue weighted by atomic mass is 35.5. The third kappa shape index (κ3) is 5.55. The van der Waals surface area contributed by atoms with Gasteiger partial charge in [-0.25, -0.2) is 8.42 Å². The quantitative estimate of drug-likeness (QED) is 0.502. The van der Waals surface area contributed by atoms with Gasteiger partial charge in [-0.05, 0) is 62.2 Å². The Bertz CT molecular complexity index is 1230. The second kappa shape index (κ2) is 9.95. The molecule has 0 aliphatic carbocycles. The highest BCUT2D eigenvalue weighted by Gasteiger charge is 2.33. The van der Waals surface area contributed by atoms with E-state index >= 15 is 0 Å². The number of para-hydroxylation sites is 1. The number of hydrogen-bond acceptors (Lipinski definition) is 4. The predicted molar refractivity (Wildman–Crippen MR) is 129 cm³/mol. The van der Waals surface area contributed by atoms with Crippen LogP contribution in [-0.2, 0) is 14.8 Å². The lowest BCUT2D eigenvalue weighted by atomic mass is 9.98. The number of benzene rings is 3. The molecule has 1 atom stereocenters. The number of sulfonamides is 1. The van der Waals surface area contributed by atoms with Gasteiger partial charge in [0.1, 0.15) is 5.75 Å². The van der Waals surface area contributed by atoms with E-state index in [9.17, 15) is 13.2 Å². The molecule has 0 aromatic heterocycles. The number of anilines is 1. The smallest absolute Gasteiger partial charge is 0.243 e. The van der Waals surface area contributed by atoms with E-state index in [1.807, 2.05) is 37.3 Å². The number of piperidine rings is 1. The van der Waals surface area contributed by atoms with E-state index in [2.05, 4.69) is 5.32 Å². The van der Waals surface area contributed by atoms with Crippen LogP contribution in [0.5, 0.6) is 11.5 Å². The summed E-state index contributed by atoms with van der Waals surface area (Å²) in [6.45, 7) is 2.42. The van der Waals surface area contributed by atoms with Gasteiger partial charge in [0.05, 0.1) is 16.5 Å². The Morgan fingerprint density at radius 2 is 1.79 bits per heavy atom. The van der Waals surface area contributed by atoms with Crippen molar-refractivity contribution < 1.29 is 17.9 Å². The molecule has 0 bridgehead atoms. The summed E-state index contributed by atoms with van der Waals surface area (Å²) in [7, 11) is -3.67. The number of ether oxygens (including phenoxy) is 1. The Morgan fingerprint density at radius 3 is 2.52 bits per heavy atom. The van der Waals surface area contributed by atoms with Gasteiger partial charge in [0.25, 0.3) is 0 Å². The van der Waals surface area contributed by atoms with Gasteiger partial charge >= 0.3 is 0 Å². The summed E-state index contributed by atoms with van der Waals surface area (Å²) in [5.74, 6) is 0.337. The normalized spacial score (nSPS) is 16.8. The maximum atomic E-state index is 13.1. The van der Waals surface area contributed by atoms with Crippen LogP contribution in [0.15, 0.2) is 77.7 Å². The SMILES string of the molecule is Cc1ccc(S(=O)(=O)N2CCC[C@@H](C(=O)Nc3cc(Cl)ccc3Oc3ccccc3)C2)cc1. The van der Waals surface area contributed by atoms with Crippen molar-refractivity contribution in [3.63, 3.8) is 0 Å². The lowest BCUT2D eigenvalue weighted by Crippen LogP contribution is -2.43. The number of hydrogen-bond donors (Lipinski definition) is 1. The number of halogens is 1. The number of aryl methyl sites for hydroxylation is 1. The number of carbonyl (C=O) groups excluding carboxylic acids is 1. The molecule has 172 valence electrons. The molecule has 3 aromatic rings. The van der Waals surface area contributed by atoms with E-state index < -0.39 is 15.9 Å². The van der Waals surface area contributed by atoms with Gasteiger partial charge < -0.3 is 10.1 Å². The zero-order valence-corrected chi connectivity index (χ0v) is 19.8. The van der Waals surface area contributed by atoms with E-state index in [-0.39, 0.29) is 17.3 Å². The summed E-state index contributed by atoms with van der Waals surface area (Å²) >= 11 is 6.16. The lowest BCUT2D eigenvalue weighted by molar-refractivity contribution is -0.120. The fraction of sp³-hybridized carbons (Fsp3) is 0.240. The summed E-state index contributed by atoms with van der Waals surface area (Å²) in [4.78, 5) is 13.3. The van der Waals surface area contributed by atoms with Crippen molar-refractivity contribution in [2.24, 2.45) is 5.92 Å². The molecular formula is C25H25ClN2O4S. The summed E-state index contributed by atoms with van der Waals surface area (Å²) in [6, 6.07) is 21.0. The molecule has 6 nitrogen and oxygen atoms in total. The highest BCUT2D eigenvalue weighted by Crippen LogP contribution is 2.33. The third-order valence-corrected chi connectivity index (χ3v) is 7.70. The van der Waals surface area contributed by atoms with E-state index in [0.717, 1.165) is 5.56 Å². The Balaban J connectivity index is 1.50. The van der Waals surface area contributed by atoms with Crippen LogP contribution in [0.3, 0.4) is 0 Å². The Morgan fingerprint density at radius 1 is 1.06 bits per heavy atom. The molecule has 8 heteroatoms. The number of nitrogens with zero attached hydrogens (tertiary/aromatic N) is 1. The maximum absolute atomic E-state index is 13.1. The number of carbonyl (C=O) groups is 1. The molecule has 0 spiro atoms. The summed E-state index contributed by atoms with van der Waals surface area (Å²) in [5.41, 5.74) is 1.43. The van der Waals surface area contributed by atoms with Crippen LogP contribution in [0, 0.1) is 12.8 Å². The van der Waals surface area contributed by atoms with Crippen LogP contribution in [0.2, 0.25) is 5.02 Å². The Labute approximate surface area is 199 Å². The fourth-order valence-corrected chi connectivity index (χ4v) is 5.47. The van der Waals surface area contributed by atoms with Gasteiger partial charge in [-0.3, -0.25) is 4.79 Å². The molecule has 1 heterocycles. The van der Waals surface area contributed by atoms with Crippen molar-refractivity contribution in [2.75, 3.05) is 18.4 Å². The molecule has 33 heavy (non-hydrogen) atoms. The monoisotopic (exact) mass is 484 g/mol. The predicted octanol–water partition coefficient (Wildman–Crippen LogP) is 5.48. The first-order valence-electron chi connectivity index (χ1n) is 10.7. The van der Waals surface area contributed by atoms with Crippen molar-refractivity contribution >= 4 is 33.2 Å². The largest absolute Gasteiger partial charge is 0.455 e. The van der Waals surface area contributed by atoms with E-state index in [1.165, 1.54) is 4.31 Å². The van der Waals surface area contributed by atoms with Crippen molar-refractivity contribution in [3.8, 4) is 11.5 Å². The molecule has 1 amide bonds. The minimum atomic E-state index is -3.67. The fourth-order valence-electron chi connectivity index (χ4n) is 3.77. The van der Waals surface area contributed by atoms with Crippen molar-refractivity contribution in [1.29, 1.82) is 0 Å². The molecule has 0 unspecified atom stereocenters. The van der Waals surface area contributed by atoms with Crippen LogP contribution < -0.4 is 10.1 Å².